The monoisotopic (exact) mass is 344 g/mol. The lowest BCUT2D eigenvalue weighted by Crippen LogP contribution is -2.39. The third-order valence-corrected chi connectivity index (χ3v) is 5.77. The summed E-state index contributed by atoms with van der Waals surface area (Å²) in [6.07, 6.45) is 3.28. The number of hydrogen-bond acceptors (Lipinski definition) is 3. The Kier molecular flexibility index (Phi) is 4.76. The quantitative estimate of drug-likeness (QED) is 0.773. The summed E-state index contributed by atoms with van der Waals surface area (Å²) in [7, 11) is 1.64. The lowest BCUT2D eigenvalue weighted by Gasteiger charge is -2.22. The average molecular weight is 344 g/mol. The van der Waals surface area contributed by atoms with E-state index in [-0.39, 0.29) is 17.2 Å². The largest absolute Gasteiger partial charge is 0.497 e. The average Bonchev–Trinajstić information content (AvgIpc) is 2.97. The summed E-state index contributed by atoms with van der Waals surface area (Å²) in [5.74, 6) is 1.13. The van der Waals surface area contributed by atoms with E-state index in [1.807, 2.05) is 29.2 Å². The van der Waals surface area contributed by atoms with E-state index in [4.69, 9.17) is 4.74 Å². The van der Waals surface area contributed by atoms with Gasteiger partial charge in [-0.2, -0.15) is 0 Å². The minimum Gasteiger partial charge on any atom is -0.497 e. The Morgan fingerprint density at radius 1 is 1.28 bits per heavy atom. The van der Waals surface area contributed by atoms with E-state index in [1.165, 1.54) is 0 Å². The van der Waals surface area contributed by atoms with Crippen molar-refractivity contribution in [3.05, 3.63) is 29.8 Å². The summed E-state index contributed by atoms with van der Waals surface area (Å²) >= 11 is 0. The van der Waals surface area contributed by atoms with Crippen LogP contribution in [0, 0.1) is 5.41 Å². The lowest BCUT2D eigenvalue weighted by molar-refractivity contribution is -0.127. The SMILES string of the molecule is COc1ccc([C@]2(C(=O)NCCCN3CCCC3=O)CC2(C)C)cc1. The zero-order valence-corrected chi connectivity index (χ0v) is 15.4. The lowest BCUT2D eigenvalue weighted by atomic mass is 9.87. The normalized spacial score (nSPS) is 24.3. The Hall–Kier alpha value is -2.04. The third kappa shape index (κ3) is 3.24. The highest BCUT2D eigenvalue weighted by molar-refractivity contribution is 5.93. The first kappa shape index (κ1) is 17.8. The molecule has 136 valence electrons. The Balaban J connectivity index is 1.59. The molecule has 0 bridgehead atoms. The van der Waals surface area contributed by atoms with Crippen LogP contribution < -0.4 is 10.1 Å². The Bertz CT molecular complexity index is 653. The van der Waals surface area contributed by atoms with Gasteiger partial charge in [0.05, 0.1) is 12.5 Å². The van der Waals surface area contributed by atoms with Crippen molar-refractivity contribution in [2.24, 2.45) is 5.41 Å². The molecule has 25 heavy (non-hydrogen) atoms. The van der Waals surface area contributed by atoms with E-state index < -0.39 is 5.41 Å². The van der Waals surface area contributed by atoms with Crippen molar-refractivity contribution in [2.75, 3.05) is 26.7 Å². The number of nitrogens with zero attached hydrogens (tertiary/aromatic N) is 1. The first-order valence-electron chi connectivity index (χ1n) is 9.11. The van der Waals surface area contributed by atoms with Gasteiger partial charge in [0.25, 0.3) is 0 Å². The van der Waals surface area contributed by atoms with Crippen LogP contribution in [0.2, 0.25) is 0 Å². The molecule has 1 aliphatic heterocycles. The molecule has 1 heterocycles. The van der Waals surface area contributed by atoms with Gasteiger partial charge >= 0.3 is 0 Å². The molecular formula is C20H28N2O3. The van der Waals surface area contributed by atoms with Gasteiger partial charge in [-0.1, -0.05) is 26.0 Å². The van der Waals surface area contributed by atoms with Crippen molar-refractivity contribution in [1.82, 2.24) is 10.2 Å². The molecular weight excluding hydrogens is 316 g/mol. The maximum Gasteiger partial charge on any atom is 0.231 e. The first-order chi connectivity index (χ1) is 11.9. The van der Waals surface area contributed by atoms with Crippen molar-refractivity contribution in [3.8, 4) is 5.75 Å². The van der Waals surface area contributed by atoms with Crippen LogP contribution in [0.1, 0.15) is 45.1 Å². The summed E-state index contributed by atoms with van der Waals surface area (Å²) < 4.78 is 5.22. The molecule has 1 saturated heterocycles. The molecule has 5 heteroatoms. The van der Waals surface area contributed by atoms with Gasteiger partial charge in [0.1, 0.15) is 5.75 Å². The highest BCUT2D eigenvalue weighted by Gasteiger charge is 2.66. The molecule has 5 nitrogen and oxygen atoms in total. The second-order valence-corrected chi connectivity index (χ2v) is 7.79. The van der Waals surface area contributed by atoms with Crippen LogP contribution in [0.25, 0.3) is 0 Å². The number of carbonyl (C=O) groups is 2. The van der Waals surface area contributed by atoms with Crippen LogP contribution >= 0.6 is 0 Å². The summed E-state index contributed by atoms with van der Waals surface area (Å²) in [5, 5.41) is 3.10. The minimum atomic E-state index is -0.456. The number of likely N-dealkylation sites (tertiary alicyclic amines) is 1. The Labute approximate surface area is 149 Å². The number of ether oxygens (including phenoxy) is 1. The number of benzene rings is 1. The van der Waals surface area contributed by atoms with Crippen LogP contribution in [0.5, 0.6) is 5.75 Å². The van der Waals surface area contributed by atoms with E-state index in [9.17, 15) is 9.59 Å². The molecule has 3 rings (SSSR count). The van der Waals surface area contributed by atoms with Gasteiger partial charge in [-0.25, -0.2) is 0 Å². The maximum absolute atomic E-state index is 12.9. The van der Waals surface area contributed by atoms with Gasteiger partial charge in [-0.05, 0) is 42.4 Å². The fraction of sp³-hybridized carbons (Fsp3) is 0.600. The van der Waals surface area contributed by atoms with E-state index >= 15 is 0 Å². The van der Waals surface area contributed by atoms with E-state index in [0.717, 1.165) is 43.7 Å². The van der Waals surface area contributed by atoms with Crippen LogP contribution in [0.3, 0.4) is 0 Å². The van der Waals surface area contributed by atoms with Crippen LogP contribution in [-0.4, -0.2) is 43.5 Å². The van der Waals surface area contributed by atoms with E-state index in [2.05, 4.69) is 19.2 Å². The number of methoxy groups -OCH3 is 1. The first-order valence-corrected chi connectivity index (χ1v) is 9.11. The molecule has 1 atom stereocenters. The van der Waals surface area contributed by atoms with Gasteiger partial charge in [-0.15, -0.1) is 0 Å². The number of nitrogens with one attached hydrogen (secondary N) is 1. The maximum atomic E-state index is 12.9. The van der Waals surface area contributed by atoms with Crippen molar-refractivity contribution in [2.45, 2.75) is 44.9 Å². The molecule has 1 aliphatic carbocycles. The van der Waals surface area contributed by atoms with Gasteiger partial charge in [-0.3, -0.25) is 9.59 Å². The van der Waals surface area contributed by atoms with E-state index in [1.54, 1.807) is 7.11 Å². The van der Waals surface area contributed by atoms with Crippen molar-refractivity contribution >= 4 is 11.8 Å². The van der Waals surface area contributed by atoms with Gasteiger partial charge in [0, 0.05) is 26.1 Å². The number of rotatable bonds is 7. The predicted molar refractivity (Wildman–Crippen MR) is 96.5 cm³/mol. The molecule has 2 amide bonds. The zero-order chi connectivity index (χ0) is 18.1. The standard InChI is InChI=1S/C20H28N2O3/c1-19(2)14-20(19,15-7-9-16(25-3)10-8-15)18(24)21-11-5-13-22-12-4-6-17(22)23/h7-10H,4-6,11-14H2,1-3H3,(H,21,24)/t20-/m0/s1. The highest BCUT2D eigenvalue weighted by atomic mass is 16.5. The molecule has 0 aromatic heterocycles. The van der Waals surface area contributed by atoms with Crippen LogP contribution in [0.15, 0.2) is 24.3 Å². The molecule has 1 aromatic carbocycles. The summed E-state index contributed by atoms with van der Waals surface area (Å²) in [4.78, 5) is 26.5. The fourth-order valence-corrected chi connectivity index (χ4v) is 4.07. The topological polar surface area (TPSA) is 58.6 Å². The molecule has 1 aromatic rings. The third-order valence-electron chi connectivity index (χ3n) is 5.77. The number of amides is 2. The Morgan fingerprint density at radius 2 is 1.96 bits per heavy atom. The minimum absolute atomic E-state index is 0.0450. The molecule has 0 spiro atoms. The van der Waals surface area contributed by atoms with E-state index in [0.29, 0.717) is 13.0 Å². The smallest absolute Gasteiger partial charge is 0.231 e. The van der Waals surface area contributed by atoms with Crippen LogP contribution in [-0.2, 0) is 15.0 Å². The number of hydrogen-bond donors (Lipinski definition) is 1. The highest BCUT2D eigenvalue weighted by Crippen LogP contribution is 2.64. The van der Waals surface area contributed by atoms with Gasteiger partial charge < -0.3 is 15.0 Å². The summed E-state index contributed by atoms with van der Waals surface area (Å²) in [5.41, 5.74) is 0.546. The molecule has 2 fully saturated rings. The molecule has 0 unspecified atom stereocenters. The second kappa shape index (κ2) is 6.70. The molecule has 0 radical (unpaired) electrons. The van der Waals surface area contributed by atoms with Gasteiger partial charge in [0.2, 0.25) is 11.8 Å². The van der Waals surface area contributed by atoms with Crippen molar-refractivity contribution < 1.29 is 14.3 Å². The predicted octanol–water partition coefficient (Wildman–Crippen LogP) is 2.49. The molecule has 2 aliphatic rings. The molecule has 1 saturated carbocycles. The summed E-state index contributed by atoms with van der Waals surface area (Å²) in [6, 6.07) is 7.82. The molecule has 1 N–H and O–H groups in total. The van der Waals surface area contributed by atoms with Crippen molar-refractivity contribution in [1.29, 1.82) is 0 Å². The van der Waals surface area contributed by atoms with Crippen LogP contribution in [0.4, 0.5) is 0 Å². The number of carbonyl (C=O) groups excluding carboxylic acids is 2. The fourth-order valence-electron chi connectivity index (χ4n) is 4.07. The Morgan fingerprint density at radius 3 is 2.48 bits per heavy atom. The van der Waals surface area contributed by atoms with Gasteiger partial charge in [0.15, 0.2) is 0 Å². The van der Waals surface area contributed by atoms with Crippen molar-refractivity contribution in [3.63, 3.8) is 0 Å². The second-order valence-electron chi connectivity index (χ2n) is 7.79. The summed E-state index contributed by atoms with van der Waals surface area (Å²) in [6.45, 7) is 6.48. The zero-order valence-electron chi connectivity index (χ0n) is 15.4.